The van der Waals surface area contributed by atoms with Gasteiger partial charge in [0, 0.05) is 70.3 Å². The smallest absolute Gasteiger partial charge is 0.274 e. The number of nitrogens with one attached hydrogen (secondary N) is 1. The Hall–Kier alpha value is -2.38. The molecule has 8 heteroatoms. The highest BCUT2D eigenvalue weighted by atomic mass is 16.2. The normalized spacial score (nSPS) is 16.6. The zero-order valence-corrected chi connectivity index (χ0v) is 17.0. The first-order valence-corrected chi connectivity index (χ1v) is 10.4. The Morgan fingerprint density at radius 3 is 2.50 bits per heavy atom. The lowest BCUT2D eigenvalue weighted by atomic mass is 10.0. The van der Waals surface area contributed by atoms with Crippen LogP contribution in [-0.2, 0) is 29.6 Å². The van der Waals surface area contributed by atoms with E-state index in [0.29, 0.717) is 31.7 Å². The van der Waals surface area contributed by atoms with Gasteiger partial charge in [-0.25, -0.2) is 0 Å². The number of nitrogens with zero attached hydrogens (tertiary/aromatic N) is 4. The highest BCUT2D eigenvalue weighted by Crippen LogP contribution is 2.25. The Balaban J connectivity index is 1.65. The van der Waals surface area contributed by atoms with Crippen molar-refractivity contribution in [2.75, 3.05) is 26.2 Å². The molecule has 8 nitrogen and oxygen atoms in total. The van der Waals surface area contributed by atoms with E-state index in [1.54, 1.807) is 9.58 Å². The van der Waals surface area contributed by atoms with Crippen LogP contribution in [-0.4, -0.2) is 63.5 Å². The number of carbonyl (C=O) groups excluding carboxylic acids is 3. The fourth-order valence-electron chi connectivity index (χ4n) is 3.96. The second-order valence-corrected chi connectivity index (χ2v) is 7.67. The summed E-state index contributed by atoms with van der Waals surface area (Å²) in [6, 6.07) is 0. The van der Waals surface area contributed by atoms with Gasteiger partial charge < -0.3 is 15.1 Å². The molecule has 1 aromatic heterocycles. The summed E-state index contributed by atoms with van der Waals surface area (Å²) in [4.78, 5) is 41.0. The molecular weight excluding hydrogens is 358 g/mol. The lowest BCUT2D eigenvalue weighted by Crippen LogP contribution is -2.39. The number of fused-ring (bicyclic) bond motifs is 1. The first-order chi connectivity index (χ1) is 13.5. The molecular formula is C20H31N5O3. The summed E-state index contributed by atoms with van der Waals surface area (Å²) in [5.41, 5.74) is 2.38. The number of aryl methyl sites for hydroxylation is 1. The van der Waals surface area contributed by atoms with Gasteiger partial charge in [0.2, 0.25) is 11.8 Å². The third-order valence-corrected chi connectivity index (χ3v) is 5.58. The quantitative estimate of drug-likeness (QED) is 0.793. The van der Waals surface area contributed by atoms with Crippen molar-refractivity contribution in [3.05, 3.63) is 17.0 Å². The van der Waals surface area contributed by atoms with E-state index in [-0.39, 0.29) is 30.6 Å². The maximum atomic E-state index is 13.0. The van der Waals surface area contributed by atoms with E-state index < -0.39 is 0 Å². The van der Waals surface area contributed by atoms with Gasteiger partial charge in [0.25, 0.3) is 5.91 Å². The minimum absolute atomic E-state index is 0.0233. The second-order valence-electron chi connectivity index (χ2n) is 7.67. The molecule has 0 atom stereocenters. The molecule has 2 aliphatic heterocycles. The fourth-order valence-corrected chi connectivity index (χ4v) is 3.96. The first kappa shape index (κ1) is 20.4. The first-order valence-electron chi connectivity index (χ1n) is 10.4. The molecule has 0 bridgehead atoms. The van der Waals surface area contributed by atoms with Gasteiger partial charge >= 0.3 is 0 Å². The van der Waals surface area contributed by atoms with Crippen LogP contribution in [0.15, 0.2) is 0 Å². The minimum atomic E-state index is -0.0877. The van der Waals surface area contributed by atoms with Crippen LogP contribution in [0.3, 0.4) is 0 Å². The molecule has 0 aliphatic carbocycles. The van der Waals surface area contributed by atoms with Gasteiger partial charge in [-0.15, -0.1) is 0 Å². The van der Waals surface area contributed by atoms with Crippen LogP contribution in [0.5, 0.6) is 0 Å². The predicted molar refractivity (Wildman–Crippen MR) is 105 cm³/mol. The van der Waals surface area contributed by atoms with Crippen LogP contribution in [0.1, 0.15) is 67.2 Å². The summed E-state index contributed by atoms with van der Waals surface area (Å²) >= 11 is 0. The summed E-state index contributed by atoms with van der Waals surface area (Å²) < 4.78 is 1.78. The summed E-state index contributed by atoms with van der Waals surface area (Å²) in [6.45, 7) is 5.18. The molecule has 3 heterocycles. The number of hydrogen-bond acceptors (Lipinski definition) is 4. The van der Waals surface area contributed by atoms with E-state index in [0.717, 1.165) is 50.0 Å². The highest BCUT2D eigenvalue weighted by Gasteiger charge is 2.31. The summed E-state index contributed by atoms with van der Waals surface area (Å²) in [5.74, 6) is -0.155. The molecule has 1 fully saturated rings. The standard InChI is InChI=1S/C20H31N5O3/c1-3-10-21-17(26)7-8-18(27)25-13-9-16-15(14-25)19(22-23(16)2)20(28)24-11-5-4-6-12-24/h3-14H2,1-2H3,(H,21,26). The zero-order valence-electron chi connectivity index (χ0n) is 17.0. The highest BCUT2D eigenvalue weighted by molar-refractivity contribution is 5.94. The Morgan fingerprint density at radius 1 is 1.04 bits per heavy atom. The SMILES string of the molecule is CCCNC(=O)CCC(=O)N1CCc2c(c(C(=O)N3CCCCC3)nn2C)C1. The van der Waals surface area contributed by atoms with E-state index in [2.05, 4.69) is 10.4 Å². The number of piperidine rings is 1. The molecule has 2 aliphatic rings. The van der Waals surface area contributed by atoms with E-state index in [1.807, 2.05) is 18.9 Å². The molecule has 3 amide bonds. The van der Waals surface area contributed by atoms with Crippen LogP contribution in [0.25, 0.3) is 0 Å². The molecule has 0 spiro atoms. The zero-order chi connectivity index (χ0) is 20.1. The van der Waals surface area contributed by atoms with E-state index in [1.165, 1.54) is 0 Å². The minimum Gasteiger partial charge on any atom is -0.356 e. The average molecular weight is 390 g/mol. The average Bonchev–Trinajstić information content (AvgIpc) is 3.06. The Kier molecular flexibility index (Phi) is 6.70. The number of amides is 3. The van der Waals surface area contributed by atoms with Crippen LogP contribution >= 0.6 is 0 Å². The fraction of sp³-hybridized carbons (Fsp3) is 0.700. The molecule has 0 radical (unpaired) electrons. The number of carbonyl (C=O) groups is 3. The van der Waals surface area contributed by atoms with E-state index in [4.69, 9.17) is 0 Å². The maximum Gasteiger partial charge on any atom is 0.274 e. The number of likely N-dealkylation sites (tertiary alicyclic amines) is 1. The van der Waals surface area contributed by atoms with Crippen LogP contribution in [0.4, 0.5) is 0 Å². The van der Waals surface area contributed by atoms with Gasteiger partial charge in [-0.3, -0.25) is 19.1 Å². The van der Waals surface area contributed by atoms with Crippen LogP contribution in [0, 0.1) is 0 Å². The molecule has 28 heavy (non-hydrogen) atoms. The van der Waals surface area contributed by atoms with Gasteiger partial charge in [-0.05, 0) is 25.7 Å². The molecule has 0 aromatic carbocycles. The lowest BCUT2D eigenvalue weighted by molar-refractivity contribution is -0.134. The summed E-state index contributed by atoms with van der Waals surface area (Å²) in [5, 5.41) is 7.29. The third kappa shape index (κ3) is 4.54. The number of hydrogen-bond donors (Lipinski definition) is 1. The van der Waals surface area contributed by atoms with Crippen molar-refractivity contribution in [2.24, 2.45) is 7.05 Å². The summed E-state index contributed by atoms with van der Waals surface area (Å²) in [6.07, 6.45) is 5.19. The monoisotopic (exact) mass is 389 g/mol. The maximum absolute atomic E-state index is 13.0. The van der Waals surface area contributed by atoms with E-state index >= 15 is 0 Å². The van der Waals surface area contributed by atoms with Gasteiger partial charge in [-0.2, -0.15) is 5.10 Å². The van der Waals surface area contributed by atoms with Crippen LogP contribution < -0.4 is 5.32 Å². The molecule has 3 rings (SSSR count). The van der Waals surface area contributed by atoms with Gasteiger partial charge in [0.1, 0.15) is 0 Å². The van der Waals surface area contributed by atoms with Crippen molar-refractivity contribution in [2.45, 2.75) is 58.4 Å². The van der Waals surface area contributed by atoms with Crippen molar-refractivity contribution in [3.8, 4) is 0 Å². The van der Waals surface area contributed by atoms with Crippen LogP contribution in [0.2, 0.25) is 0 Å². The van der Waals surface area contributed by atoms with Crippen molar-refractivity contribution in [1.82, 2.24) is 24.9 Å². The largest absolute Gasteiger partial charge is 0.356 e. The van der Waals surface area contributed by atoms with Gasteiger partial charge in [0.15, 0.2) is 5.69 Å². The lowest BCUT2D eigenvalue weighted by Gasteiger charge is -2.29. The van der Waals surface area contributed by atoms with Gasteiger partial charge in [-0.1, -0.05) is 6.92 Å². The van der Waals surface area contributed by atoms with Crippen molar-refractivity contribution in [3.63, 3.8) is 0 Å². The number of aromatic nitrogens is 2. The van der Waals surface area contributed by atoms with Crippen molar-refractivity contribution < 1.29 is 14.4 Å². The molecule has 154 valence electrons. The third-order valence-electron chi connectivity index (χ3n) is 5.58. The molecule has 1 aromatic rings. The molecule has 1 saturated heterocycles. The van der Waals surface area contributed by atoms with Crippen molar-refractivity contribution in [1.29, 1.82) is 0 Å². The summed E-state index contributed by atoms with van der Waals surface area (Å²) in [7, 11) is 1.86. The molecule has 1 N–H and O–H groups in total. The number of rotatable bonds is 6. The second kappa shape index (κ2) is 9.21. The Morgan fingerprint density at radius 2 is 1.79 bits per heavy atom. The Labute approximate surface area is 166 Å². The van der Waals surface area contributed by atoms with E-state index in [9.17, 15) is 14.4 Å². The van der Waals surface area contributed by atoms with Gasteiger partial charge in [0.05, 0.1) is 0 Å². The topological polar surface area (TPSA) is 87.5 Å². The Bertz CT molecular complexity index is 736. The molecule has 0 unspecified atom stereocenters. The van der Waals surface area contributed by atoms with Crippen molar-refractivity contribution >= 4 is 17.7 Å². The predicted octanol–water partition coefficient (Wildman–Crippen LogP) is 1.24. The molecule has 0 saturated carbocycles.